The number of aliphatic hydroxyl groups excluding tert-OH is 2. The molecule has 1 aromatic rings. The van der Waals surface area contributed by atoms with Crippen LogP contribution in [0.4, 0.5) is 0 Å². The number of aryl methyl sites for hydroxylation is 1. The standard InChI is InChI=1S/C8H14N2O2S/c1-6-10-7(5-13-6)2-9-3-8(12)4-11/h5,8-9,11-12H,2-4H2,1H3/t8-/m0/s1. The summed E-state index contributed by atoms with van der Waals surface area (Å²) in [5, 5.41) is 23.6. The fraction of sp³-hybridized carbons (Fsp3) is 0.625. The molecule has 0 radical (unpaired) electrons. The number of nitrogens with zero attached hydrogens (tertiary/aromatic N) is 1. The molecule has 0 aromatic carbocycles. The highest BCUT2D eigenvalue weighted by atomic mass is 32.1. The number of hydrogen-bond acceptors (Lipinski definition) is 5. The third kappa shape index (κ3) is 3.82. The zero-order valence-electron chi connectivity index (χ0n) is 7.53. The van der Waals surface area contributed by atoms with Crippen molar-refractivity contribution in [3.8, 4) is 0 Å². The van der Waals surface area contributed by atoms with Crippen LogP contribution in [0, 0.1) is 6.92 Å². The summed E-state index contributed by atoms with van der Waals surface area (Å²) in [5.41, 5.74) is 0.979. The van der Waals surface area contributed by atoms with Gasteiger partial charge in [-0.05, 0) is 6.92 Å². The Kier molecular flexibility index (Phi) is 4.31. The van der Waals surface area contributed by atoms with Crippen LogP contribution in [0.15, 0.2) is 5.38 Å². The van der Waals surface area contributed by atoms with E-state index in [0.29, 0.717) is 13.1 Å². The number of thiazole rings is 1. The number of rotatable bonds is 5. The van der Waals surface area contributed by atoms with Gasteiger partial charge in [0.25, 0.3) is 0 Å². The molecular weight excluding hydrogens is 188 g/mol. The summed E-state index contributed by atoms with van der Waals surface area (Å²) in [7, 11) is 0. The van der Waals surface area contributed by atoms with Crippen LogP contribution in [0.25, 0.3) is 0 Å². The molecule has 0 aliphatic carbocycles. The third-order valence-corrected chi connectivity index (χ3v) is 2.39. The summed E-state index contributed by atoms with van der Waals surface area (Å²) in [4.78, 5) is 4.25. The van der Waals surface area contributed by atoms with Crippen molar-refractivity contribution in [1.29, 1.82) is 0 Å². The van der Waals surface area contributed by atoms with Crippen molar-refractivity contribution in [1.82, 2.24) is 10.3 Å². The Hall–Kier alpha value is -0.490. The predicted molar refractivity (Wildman–Crippen MR) is 51.7 cm³/mol. The van der Waals surface area contributed by atoms with Gasteiger partial charge < -0.3 is 15.5 Å². The second-order valence-electron chi connectivity index (χ2n) is 2.83. The van der Waals surface area contributed by atoms with Gasteiger partial charge >= 0.3 is 0 Å². The monoisotopic (exact) mass is 202 g/mol. The van der Waals surface area contributed by atoms with E-state index in [1.807, 2.05) is 12.3 Å². The lowest BCUT2D eigenvalue weighted by Gasteiger charge is -2.06. The maximum atomic E-state index is 9.01. The van der Waals surface area contributed by atoms with Crippen molar-refractivity contribution < 1.29 is 10.2 Å². The van der Waals surface area contributed by atoms with Crippen LogP contribution in [0.1, 0.15) is 10.7 Å². The third-order valence-electron chi connectivity index (χ3n) is 1.56. The molecule has 0 saturated heterocycles. The van der Waals surface area contributed by atoms with Gasteiger partial charge in [0.1, 0.15) is 0 Å². The molecule has 0 aliphatic heterocycles. The minimum absolute atomic E-state index is 0.205. The molecule has 1 rings (SSSR count). The van der Waals surface area contributed by atoms with E-state index in [4.69, 9.17) is 10.2 Å². The van der Waals surface area contributed by atoms with Crippen molar-refractivity contribution >= 4 is 11.3 Å². The molecule has 4 nitrogen and oxygen atoms in total. The van der Waals surface area contributed by atoms with Gasteiger partial charge in [-0.2, -0.15) is 0 Å². The second-order valence-corrected chi connectivity index (χ2v) is 3.89. The Morgan fingerprint density at radius 3 is 3.00 bits per heavy atom. The van der Waals surface area contributed by atoms with Crippen LogP contribution < -0.4 is 5.32 Å². The average Bonchev–Trinajstić information content (AvgIpc) is 2.51. The van der Waals surface area contributed by atoms with E-state index in [0.717, 1.165) is 10.7 Å². The Morgan fingerprint density at radius 2 is 2.46 bits per heavy atom. The first-order chi connectivity index (χ1) is 6.22. The van der Waals surface area contributed by atoms with Gasteiger partial charge in [0.05, 0.1) is 23.4 Å². The van der Waals surface area contributed by atoms with Crippen molar-refractivity contribution in [2.24, 2.45) is 0 Å². The lowest BCUT2D eigenvalue weighted by atomic mass is 10.3. The smallest absolute Gasteiger partial charge is 0.0897 e. The number of nitrogens with one attached hydrogen (secondary N) is 1. The van der Waals surface area contributed by atoms with Crippen molar-refractivity contribution in [2.75, 3.05) is 13.2 Å². The SMILES string of the molecule is Cc1nc(CNC[C@H](O)CO)cs1. The molecule has 74 valence electrons. The van der Waals surface area contributed by atoms with Gasteiger partial charge in [0.15, 0.2) is 0 Å². The maximum absolute atomic E-state index is 9.01. The molecule has 1 atom stereocenters. The number of aromatic nitrogens is 1. The highest BCUT2D eigenvalue weighted by molar-refractivity contribution is 7.09. The van der Waals surface area contributed by atoms with E-state index < -0.39 is 6.10 Å². The Labute approximate surface area is 81.3 Å². The second kappa shape index (κ2) is 5.29. The van der Waals surface area contributed by atoms with Gasteiger partial charge in [-0.1, -0.05) is 0 Å². The van der Waals surface area contributed by atoms with Crippen LogP contribution in [0.3, 0.4) is 0 Å². The topological polar surface area (TPSA) is 65.4 Å². The highest BCUT2D eigenvalue weighted by Crippen LogP contribution is 2.06. The molecular formula is C8H14N2O2S. The quantitative estimate of drug-likeness (QED) is 0.623. The van der Waals surface area contributed by atoms with Gasteiger partial charge in [0, 0.05) is 18.5 Å². The van der Waals surface area contributed by atoms with E-state index in [2.05, 4.69) is 10.3 Å². The molecule has 0 amide bonds. The number of aliphatic hydroxyl groups is 2. The molecule has 5 heteroatoms. The minimum atomic E-state index is -0.681. The maximum Gasteiger partial charge on any atom is 0.0897 e. The molecule has 0 bridgehead atoms. The first-order valence-corrected chi connectivity index (χ1v) is 5.01. The van der Waals surface area contributed by atoms with E-state index >= 15 is 0 Å². The Morgan fingerprint density at radius 1 is 1.69 bits per heavy atom. The van der Waals surface area contributed by atoms with Crippen molar-refractivity contribution in [3.63, 3.8) is 0 Å². The lowest BCUT2D eigenvalue weighted by Crippen LogP contribution is -2.28. The molecule has 1 aromatic heterocycles. The number of hydrogen-bond donors (Lipinski definition) is 3. The van der Waals surface area contributed by atoms with Crippen molar-refractivity contribution in [2.45, 2.75) is 19.6 Å². The van der Waals surface area contributed by atoms with Crippen LogP contribution >= 0.6 is 11.3 Å². The molecule has 13 heavy (non-hydrogen) atoms. The molecule has 0 fully saturated rings. The fourth-order valence-electron chi connectivity index (χ4n) is 0.921. The zero-order chi connectivity index (χ0) is 9.68. The predicted octanol–water partition coefficient (Wildman–Crippen LogP) is -0.106. The summed E-state index contributed by atoms with van der Waals surface area (Å²) in [6.07, 6.45) is -0.681. The van der Waals surface area contributed by atoms with Crippen LogP contribution in [-0.2, 0) is 6.54 Å². The fourth-order valence-corrected chi connectivity index (χ4v) is 1.53. The summed E-state index contributed by atoms with van der Waals surface area (Å²) >= 11 is 1.61. The molecule has 0 saturated carbocycles. The summed E-state index contributed by atoms with van der Waals surface area (Å²) in [6, 6.07) is 0. The Balaban J connectivity index is 2.20. The lowest BCUT2D eigenvalue weighted by molar-refractivity contribution is 0.0941. The van der Waals surface area contributed by atoms with Crippen LogP contribution in [0.5, 0.6) is 0 Å². The largest absolute Gasteiger partial charge is 0.394 e. The van der Waals surface area contributed by atoms with Crippen LogP contribution in [0.2, 0.25) is 0 Å². The first kappa shape index (κ1) is 10.6. The molecule has 0 spiro atoms. The van der Waals surface area contributed by atoms with Gasteiger partial charge in [-0.3, -0.25) is 0 Å². The van der Waals surface area contributed by atoms with E-state index in [-0.39, 0.29) is 6.61 Å². The normalized spacial score (nSPS) is 13.2. The van der Waals surface area contributed by atoms with Gasteiger partial charge in [-0.15, -0.1) is 11.3 Å². The summed E-state index contributed by atoms with van der Waals surface area (Å²) < 4.78 is 0. The van der Waals surface area contributed by atoms with Crippen molar-refractivity contribution in [3.05, 3.63) is 16.1 Å². The van der Waals surface area contributed by atoms with Gasteiger partial charge in [-0.25, -0.2) is 4.98 Å². The van der Waals surface area contributed by atoms with E-state index in [1.54, 1.807) is 11.3 Å². The van der Waals surface area contributed by atoms with E-state index in [1.165, 1.54) is 0 Å². The average molecular weight is 202 g/mol. The molecule has 0 unspecified atom stereocenters. The zero-order valence-corrected chi connectivity index (χ0v) is 8.34. The van der Waals surface area contributed by atoms with Crippen LogP contribution in [-0.4, -0.2) is 34.5 Å². The first-order valence-electron chi connectivity index (χ1n) is 4.13. The Bertz CT molecular complexity index is 252. The van der Waals surface area contributed by atoms with Gasteiger partial charge in [0.2, 0.25) is 0 Å². The molecule has 0 aliphatic rings. The molecule has 3 N–H and O–H groups in total. The summed E-state index contributed by atoms with van der Waals surface area (Å²) in [6.45, 7) is 2.79. The minimum Gasteiger partial charge on any atom is -0.394 e. The van der Waals surface area contributed by atoms with E-state index in [9.17, 15) is 0 Å². The molecule has 1 heterocycles. The highest BCUT2D eigenvalue weighted by Gasteiger charge is 2.01. The summed E-state index contributed by atoms with van der Waals surface area (Å²) in [5.74, 6) is 0.